The number of nitrogens with zero attached hydrogens (tertiary/aromatic N) is 1. The normalized spacial score (nSPS) is 15.2. The number of hydrazine groups is 1. The summed E-state index contributed by atoms with van der Waals surface area (Å²) in [5.41, 5.74) is 6.36. The number of hydrogen-bond acceptors (Lipinski definition) is 5. The summed E-state index contributed by atoms with van der Waals surface area (Å²) in [6.45, 7) is 7.80. The van der Waals surface area contributed by atoms with Crippen LogP contribution >= 0.6 is 0 Å². The van der Waals surface area contributed by atoms with E-state index in [0.29, 0.717) is 5.84 Å². The molecule has 0 aromatic heterocycles. The van der Waals surface area contributed by atoms with Gasteiger partial charge in [0.1, 0.15) is 5.84 Å². The van der Waals surface area contributed by atoms with Crippen molar-refractivity contribution in [3.63, 3.8) is 0 Å². The zero-order chi connectivity index (χ0) is 18.8. The molecule has 25 heavy (non-hydrogen) atoms. The smallest absolute Gasteiger partial charge is 0.307 e. The van der Waals surface area contributed by atoms with Crippen molar-refractivity contribution in [1.29, 1.82) is 0 Å². The fraction of sp³-hybridized carbons (Fsp3) is 0.444. The average molecular weight is 347 g/mol. The van der Waals surface area contributed by atoms with Crippen molar-refractivity contribution in [3.8, 4) is 0 Å². The highest BCUT2D eigenvalue weighted by molar-refractivity contribution is 5.85. The first-order valence-electron chi connectivity index (χ1n) is 8.32. The van der Waals surface area contributed by atoms with Crippen LogP contribution in [0, 0.1) is 18.8 Å². The molecule has 1 aliphatic heterocycles. The van der Waals surface area contributed by atoms with Crippen molar-refractivity contribution in [2.45, 2.75) is 27.2 Å². The second kappa shape index (κ2) is 10.5. The number of nitrogens with one attached hydrogen (secondary N) is 2. The summed E-state index contributed by atoms with van der Waals surface area (Å²) in [6.07, 6.45) is 2.48. The number of carbonyl (C=O) groups is 1. The summed E-state index contributed by atoms with van der Waals surface area (Å²) >= 11 is 0. The second-order valence-corrected chi connectivity index (χ2v) is 6.34. The molecule has 2 rings (SSSR count). The van der Waals surface area contributed by atoms with Gasteiger partial charge in [0.2, 0.25) is 0 Å². The van der Waals surface area contributed by atoms with Crippen molar-refractivity contribution in [1.82, 2.24) is 10.7 Å². The van der Waals surface area contributed by atoms with Gasteiger partial charge in [0.05, 0.1) is 5.92 Å². The van der Waals surface area contributed by atoms with Crippen molar-refractivity contribution < 1.29 is 9.90 Å². The zero-order valence-electron chi connectivity index (χ0n) is 15.1. The van der Waals surface area contributed by atoms with E-state index in [2.05, 4.69) is 53.1 Å². The first-order valence-corrected chi connectivity index (χ1v) is 8.32. The minimum atomic E-state index is -0.869. The number of carboxylic acids is 1. The molecule has 138 valence electrons. The van der Waals surface area contributed by atoms with Crippen molar-refractivity contribution in [3.05, 3.63) is 41.5 Å². The highest BCUT2D eigenvalue weighted by atomic mass is 16.4. The van der Waals surface area contributed by atoms with E-state index in [9.17, 15) is 4.79 Å². The molecule has 1 atom stereocenters. The number of amidine groups is 1. The highest BCUT2D eigenvalue weighted by Crippen LogP contribution is 2.16. The van der Waals surface area contributed by atoms with Gasteiger partial charge in [0.25, 0.3) is 0 Å². The Kier molecular flexibility index (Phi) is 8.66. The molecule has 0 aliphatic carbocycles. The molecule has 0 radical (unpaired) electrons. The predicted octanol–water partition coefficient (Wildman–Crippen LogP) is 1.45. The van der Waals surface area contributed by atoms with Gasteiger partial charge in [-0.25, -0.2) is 5.84 Å². The van der Waals surface area contributed by atoms with Crippen LogP contribution in [0.5, 0.6) is 0 Å². The Labute approximate surface area is 149 Å². The molecule has 1 aromatic rings. The molecule has 0 saturated heterocycles. The standard InChI is InChI=1S/C11H13N.C7H16N4O2/c1-9-2-4-10(5-3-9)11-6-7-12-8-11;1-4(2)5(7(12)13)3-6(10-8)11-9/h2-6,12H,7-8H2,1H3;4-5H,3,8-9H2,1-2H3,(H,10,11)(H,12,13). The van der Waals surface area contributed by atoms with Crippen LogP contribution in [-0.4, -0.2) is 30.0 Å². The molecular weight excluding hydrogens is 318 g/mol. The summed E-state index contributed by atoms with van der Waals surface area (Å²) in [6, 6.07) is 8.70. The highest BCUT2D eigenvalue weighted by Gasteiger charge is 2.23. The average Bonchev–Trinajstić information content (AvgIpc) is 3.11. The third kappa shape index (κ3) is 6.94. The molecule has 7 heteroatoms. The van der Waals surface area contributed by atoms with Crippen LogP contribution in [0.2, 0.25) is 0 Å². The van der Waals surface area contributed by atoms with E-state index in [-0.39, 0.29) is 12.3 Å². The molecule has 1 aromatic carbocycles. The van der Waals surface area contributed by atoms with E-state index in [4.69, 9.17) is 16.8 Å². The number of rotatable bonds is 5. The Bertz CT molecular complexity index is 608. The summed E-state index contributed by atoms with van der Waals surface area (Å²) in [4.78, 5) is 10.7. The van der Waals surface area contributed by atoms with Crippen LogP contribution < -0.4 is 22.4 Å². The molecule has 0 bridgehead atoms. The lowest BCUT2D eigenvalue weighted by atomic mass is 9.92. The van der Waals surface area contributed by atoms with Gasteiger partial charge in [-0.2, -0.15) is 5.10 Å². The molecule has 1 unspecified atom stereocenters. The largest absolute Gasteiger partial charge is 0.481 e. The Morgan fingerprint density at radius 1 is 1.36 bits per heavy atom. The number of hydrogen-bond donors (Lipinski definition) is 5. The first-order chi connectivity index (χ1) is 11.9. The van der Waals surface area contributed by atoms with Gasteiger partial charge in [0, 0.05) is 19.5 Å². The Hall–Kier alpha value is -2.38. The van der Waals surface area contributed by atoms with Crippen LogP contribution in [0.15, 0.2) is 35.4 Å². The van der Waals surface area contributed by atoms with Crippen LogP contribution in [0.4, 0.5) is 0 Å². The van der Waals surface area contributed by atoms with Gasteiger partial charge in [-0.05, 0) is 24.0 Å². The van der Waals surface area contributed by atoms with E-state index in [0.717, 1.165) is 13.1 Å². The van der Waals surface area contributed by atoms with Crippen LogP contribution in [0.3, 0.4) is 0 Å². The summed E-state index contributed by atoms with van der Waals surface area (Å²) in [5.74, 6) is 8.99. The molecular formula is C18H29N5O2. The monoisotopic (exact) mass is 347 g/mol. The number of carboxylic acid groups (broad SMARTS) is 1. The van der Waals surface area contributed by atoms with Crippen LogP contribution in [-0.2, 0) is 4.79 Å². The summed E-state index contributed by atoms with van der Waals surface area (Å²) in [5, 5.41) is 15.4. The number of hydrazone groups is 1. The molecule has 7 nitrogen and oxygen atoms in total. The predicted molar refractivity (Wildman–Crippen MR) is 102 cm³/mol. The SMILES string of the molecule is CC(C)C(C/C(=N/N)NN)C(=O)O.Cc1ccc(C2=CCNC2)cc1. The van der Waals surface area contributed by atoms with Gasteiger partial charge in [-0.15, -0.1) is 0 Å². The lowest BCUT2D eigenvalue weighted by molar-refractivity contribution is -0.142. The molecule has 1 heterocycles. The topological polar surface area (TPSA) is 126 Å². The minimum Gasteiger partial charge on any atom is -0.481 e. The molecule has 7 N–H and O–H groups in total. The number of aryl methyl sites for hydroxylation is 1. The fourth-order valence-electron chi connectivity index (χ4n) is 2.43. The molecule has 0 amide bonds. The van der Waals surface area contributed by atoms with Crippen LogP contribution in [0.25, 0.3) is 5.57 Å². The van der Waals surface area contributed by atoms with Gasteiger partial charge >= 0.3 is 5.97 Å². The Morgan fingerprint density at radius 3 is 2.40 bits per heavy atom. The maximum atomic E-state index is 10.7. The quantitative estimate of drug-likeness (QED) is 0.237. The number of nitrogens with two attached hydrogens (primary N) is 2. The van der Waals surface area contributed by atoms with Crippen molar-refractivity contribution >= 4 is 17.4 Å². The maximum absolute atomic E-state index is 10.7. The van der Waals surface area contributed by atoms with Gasteiger partial charge in [-0.1, -0.05) is 49.8 Å². The van der Waals surface area contributed by atoms with Gasteiger partial charge in [0.15, 0.2) is 0 Å². The maximum Gasteiger partial charge on any atom is 0.307 e. The van der Waals surface area contributed by atoms with Crippen molar-refractivity contribution in [2.24, 2.45) is 28.6 Å². The molecule has 0 fully saturated rings. The van der Waals surface area contributed by atoms with Gasteiger partial charge < -0.3 is 21.7 Å². The Balaban J connectivity index is 0.000000250. The second-order valence-electron chi connectivity index (χ2n) is 6.34. The van der Waals surface area contributed by atoms with E-state index in [1.54, 1.807) is 0 Å². The van der Waals surface area contributed by atoms with Crippen molar-refractivity contribution in [2.75, 3.05) is 13.1 Å². The molecule has 1 aliphatic rings. The number of aliphatic carboxylic acids is 1. The third-order valence-corrected chi connectivity index (χ3v) is 4.09. The van der Waals surface area contributed by atoms with E-state index in [1.807, 2.05) is 13.8 Å². The summed E-state index contributed by atoms with van der Waals surface area (Å²) < 4.78 is 0. The van der Waals surface area contributed by atoms with E-state index >= 15 is 0 Å². The lowest BCUT2D eigenvalue weighted by Crippen LogP contribution is -2.35. The van der Waals surface area contributed by atoms with Gasteiger partial charge in [-0.3, -0.25) is 4.79 Å². The zero-order valence-corrected chi connectivity index (χ0v) is 15.1. The first kappa shape index (κ1) is 20.7. The third-order valence-electron chi connectivity index (χ3n) is 4.09. The summed E-state index contributed by atoms with van der Waals surface area (Å²) in [7, 11) is 0. The number of benzene rings is 1. The van der Waals surface area contributed by atoms with E-state index in [1.165, 1.54) is 16.7 Å². The lowest BCUT2D eigenvalue weighted by Gasteiger charge is -2.16. The minimum absolute atomic E-state index is 0.0163. The fourth-order valence-corrected chi connectivity index (χ4v) is 2.43. The molecule has 0 saturated carbocycles. The van der Waals surface area contributed by atoms with E-state index < -0.39 is 11.9 Å². The molecule has 0 spiro atoms. The Morgan fingerprint density at radius 2 is 2.00 bits per heavy atom. The van der Waals surface area contributed by atoms with Crippen LogP contribution in [0.1, 0.15) is 31.4 Å².